The molecular formula is C18H22ClNO. The van der Waals surface area contributed by atoms with E-state index in [-0.39, 0.29) is 6.04 Å². The lowest BCUT2D eigenvalue weighted by Gasteiger charge is -2.28. The van der Waals surface area contributed by atoms with Gasteiger partial charge < -0.3 is 10.1 Å². The van der Waals surface area contributed by atoms with Gasteiger partial charge in [-0.15, -0.1) is 0 Å². The quantitative estimate of drug-likeness (QED) is 0.827. The zero-order valence-electron chi connectivity index (χ0n) is 12.8. The SMILES string of the molecule is CCC(c1ccccc1)C(NC)c1cc(Cl)ccc1OC. The zero-order valence-corrected chi connectivity index (χ0v) is 13.5. The van der Waals surface area contributed by atoms with E-state index in [4.69, 9.17) is 16.3 Å². The van der Waals surface area contributed by atoms with Crippen LogP contribution in [0.25, 0.3) is 0 Å². The number of rotatable bonds is 6. The van der Waals surface area contributed by atoms with E-state index in [2.05, 4.69) is 36.5 Å². The van der Waals surface area contributed by atoms with Crippen LogP contribution < -0.4 is 10.1 Å². The number of likely N-dealkylation sites (N-methyl/N-ethyl adjacent to an activating group) is 1. The van der Waals surface area contributed by atoms with E-state index in [1.165, 1.54) is 5.56 Å². The topological polar surface area (TPSA) is 21.3 Å². The monoisotopic (exact) mass is 303 g/mol. The van der Waals surface area contributed by atoms with Crippen molar-refractivity contribution >= 4 is 11.6 Å². The Morgan fingerprint density at radius 1 is 1.14 bits per heavy atom. The highest BCUT2D eigenvalue weighted by molar-refractivity contribution is 6.30. The average Bonchev–Trinajstić information content (AvgIpc) is 2.53. The largest absolute Gasteiger partial charge is 0.496 e. The van der Waals surface area contributed by atoms with Gasteiger partial charge in [0.2, 0.25) is 0 Å². The molecule has 2 unspecified atom stereocenters. The first-order valence-corrected chi connectivity index (χ1v) is 7.64. The van der Waals surface area contributed by atoms with Gasteiger partial charge in [0.15, 0.2) is 0 Å². The summed E-state index contributed by atoms with van der Waals surface area (Å²) in [5.41, 5.74) is 2.42. The van der Waals surface area contributed by atoms with Crippen LogP contribution in [0.15, 0.2) is 48.5 Å². The van der Waals surface area contributed by atoms with Crippen molar-refractivity contribution in [1.82, 2.24) is 5.32 Å². The second-order valence-electron chi connectivity index (χ2n) is 5.08. The van der Waals surface area contributed by atoms with Gasteiger partial charge in [-0.25, -0.2) is 0 Å². The molecule has 0 amide bonds. The smallest absolute Gasteiger partial charge is 0.123 e. The number of halogens is 1. The van der Waals surface area contributed by atoms with Crippen LogP contribution in [0, 0.1) is 0 Å². The second-order valence-corrected chi connectivity index (χ2v) is 5.51. The first-order valence-electron chi connectivity index (χ1n) is 7.26. The molecule has 0 saturated heterocycles. The van der Waals surface area contributed by atoms with E-state index in [1.54, 1.807) is 7.11 Å². The molecule has 2 nitrogen and oxygen atoms in total. The molecule has 0 aliphatic carbocycles. The van der Waals surface area contributed by atoms with Crippen LogP contribution in [-0.2, 0) is 0 Å². The van der Waals surface area contributed by atoms with Crippen LogP contribution >= 0.6 is 11.6 Å². The molecule has 3 heteroatoms. The Kier molecular flexibility index (Phi) is 5.66. The fourth-order valence-electron chi connectivity index (χ4n) is 2.89. The van der Waals surface area contributed by atoms with Crippen LogP contribution in [0.4, 0.5) is 0 Å². The summed E-state index contributed by atoms with van der Waals surface area (Å²) >= 11 is 6.19. The molecule has 0 radical (unpaired) electrons. The van der Waals surface area contributed by atoms with E-state index in [0.29, 0.717) is 5.92 Å². The van der Waals surface area contributed by atoms with Gasteiger partial charge in [-0.1, -0.05) is 48.9 Å². The van der Waals surface area contributed by atoms with Gasteiger partial charge >= 0.3 is 0 Å². The molecule has 1 N–H and O–H groups in total. The van der Waals surface area contributed by atoms with Gasteiger partial charge in [-0.3, -0.25) is 0 Å². The Balaban J connectivity index is 2.45. The lowest BCUT2D eigenvalue weighted by atomic mass is 9.85. The third kappa shape index (κ3) is 3.58. The Hall–Kier alpha value is -1.51. The van der Waals surface area contributed by atoms with Gasteiger partial charge in [0.1, 0.15) is 5.75 Å². The van der Waals surface area contributed by atoms with E-state index in [0.717, 1.165) is 22.8 Å². The predicted molar refractivity (Wildman–Crippen MR) is 89.3 cm³/mol. The summed E-state index contributed by atoms with van der Waals surface area (Å²) in [6.07, 6.45) is 1.03. The van der Waals surface area contributed by atoms with E-state index >= 15 is 0 Å². The molecule has 2 atom stereocenters. The Bertz CT molecular complexity index is 571. The molecule has 0 aliphatic heterocycles. The van der Waals surface area contributed by atoms with E-state index in [9.17, 15) is 0 Å². The maximum atomic E-state index is 6.19. The zero-order chi connectivity index (χ0) is 15.2. The highest BCUT2D eigenvalue weighted by atomic mass is 35.5. The van der Waals surface area contributed by atoms with Crippen LogP contribution in [0.2, 0.25) is 5.02 Å². The number of hydrogen-bond acceptors (Lipinski definition) is 2. The molecule has 0 spiro atoms. The molecule has 112 valence electrons. The molecule has 2 aromatic carbocycles. The van der Waals surface area contributed by atoms with Crippen LogP contribution in [0.3, 0.4) is 0 Å². The summed E-state index contributed by atoms with van der Waals surface area (Å²) in [5, 5.41) is 4.16. The lowest BCUT2D eigenvalue weighted by Crippen LogP contribution is -2.24. The van der Waals surface area contributed by atoms with Crippen molar-refractivity contribution in [2.75, 3.05) is 14.2 Å². The second kappa shape index (κ2) is 7.48. The normalized spacial score (nSPS) is 13.7. The number of nitrogens with one attached hydrogen (secondary N) is 1. The maximum Gasteiger partial charge on any atom is 0.123 e. The third-order valence-corrected chi connectivity index (χ3v) is 4.14. The van der Waals surface area contributed by atoms with Crippen molar-refractivity contribution < 1.29 is 4.74 Å². The van der Waals surface area contributed by atoms with Crippen LogP contribution in [-0.4, -0.2) is 14.2 Å². The van der Waals surface area contributed by atoms with Crippen molar-refractivity contribution in [3.63, 3.8) is 0 Å². The van der Waals surface area contributed by atoms with Crippen molar-refractivity contribution in [2.45, 2.75) is 25.3 Å². The fourth-order valence-corrected chi connectivity index (χ4v) is 3.07. The highest BCUT2D eigenvalue weighted by Crippen LogP contribution is 2.38. The van der Waals surface area contributed by atoms with E-state index < -0.39 is 0 Å². The molecule has 0 aliphatic rings. The number of ether oxygens (including phenoxy) is 1. The van der Waals surface area contributed by atoms with Crippen molar-refractivity contribution in [2.24, 2.45) is 0 Å². The number of hydrogen-bond donors (Lipinski definition) is 1. The lowest BCUT2D eigenvalue weighted by molar-refractivity contribution is 0.389. The first kappa shape index (κ1) is 15.9. The Labute approximate surface area is 132 Å². The summed E-state index contributed by atoms with van der Waals surface area (Å²) in [6.45, 7) is 2.21. The molecule has 0 heterocycles. The summed E-state index contributed by atoms with van der Waals surface area (Å²) < 4.78 is 5.52. The van der Waals surface area contributed by atoms with Crippen LogP contribution in [0.5, 0.6) is 5.75 Å². The summed E-state index contributed by atoms with van der Waals surface area (Å²) in [7, 11) is 3.68. The minimum Gasteiger partial charge on any atom is -0.496 e. The molecular weight excluding hydrogens is 282 g/mol. The minimum atomic E-state index is 0.158. The molecule has 0 saturated carbocycles. The highest BCUT2D eigenvalue weighted by Gasteiger charge is 2.24. The molecule has 0 fully saturated rings. The van der Waals surface area contributed by atoms with Crippen molar-refractivity contribution in [3.05, 3.63) is 64.7 Å². The average molecular weight is 304 g/mol. The Morgan fingerprint density at radius 2 is 1.86 bits per heavy atom. The number of benzene rings is 2. The molecule has 2 aromatic rings. The summed E-state index contributed by atoms with van der Waals surface area (Å²) in [4.78, 5) is 0. The molecule has 0 aromatic heterocycles. The predicted octanol–water partition coefficient (Wildman–Crippen LogP) is 4.80. The number of methoxy groups -OCH3 is 1. The summed E-state index contributed by atoms with van der Waals surface area (Å²) in [5.74, 6) is 1.23. The molecule has 0 bridgehead atoms. The van der Waals surface area contributed by atoms with Gasteiger partial charge in [0.25, 0.3) is 0 Å². The third-order valence-electron chi connectivity index (χ3n) is 3.91. The maximum absolute atomic E-state index is 6.19. The molecule has 2 rings (SSSR count). The fraction of sp³-hybridized carbons (Fsp3) is 0.333. The first-order chi connectivity index (χ1) is 10.2. The standard InChI is InChI=1S/C18H22ClNO/c1-4-15(13-8-6-5-7-9-13)18(20-2)16-12-14(19)10-11-17(16)21-3/h5-12,15,18,20H,4H2,1-3H3. The Morgan fingerprint density at radius 3 is 2.43 bits per heavy atom. The van der Waals surface area contributed by atoms with Gasteiger partial charge in [-0.2, -0.15) is 0 Å². The van der Waals surface area contributed by atoms with E-state index in [1.807, 2.05) is 31.3 Å². The van der Waals surface area contributed by atoms with Gasteiger partial charge in [0, 0.05) is 22.5 Å². The van der Waals surface area contributed by atoms with Crippen molar-refractivity contribution in [3.8, 4) is 5.75 Å². The molecule has 21 heavy (non-hydrogen) atoms. The minimum absolute atomic E-state index is 0.158. The van der Waals surface area contributed by atoms with Crippen molar-refractivity contribution in [1.29, 1.82) is 0 Å². The van der Waals surface area contributed by atoms with Gasteiger partial charge in [0.05, 0.1) is 7.11 Å². The van der Waals surface area contributed by atoms with Crippen LogP contribution in [0.1, 0.15) is 36.4 Å². The van der Waals surface area contributed by atoms with Gasteiger partial charge in [-0.05, 0) is 37.2 Å². The summed E-state index contributed by atoms with van der Waals surface area (Å²) in [6, 6.07) is 16.5.